The summed E-state index contributed by atoms with van der Waals surface area (Å²) >= 11 is 0. The zero-order valence-electron chi connectivity index (χ0n) is 14.1. The maximum atomic E-state index is 12.9. The molecule has 0 radical (unpaired) electrons. The number of ether oxygens (including phenoxy) is 1. The third-order valence-corrected chi connectivity index (χ3v) is 4.13. The largest absolute Gasteiger partial charge is 0.497 e. The number of carbonyl (C=O) groups excluding carboxylic acids is 1. The van der Waals surface area contributed by atoms with Gasteiger partial charge in [0.05, 0.1) is 12.8 Å². The van der Waals surface area contributed by atoms with Gasteiger partial charge in [0.15, 0.2) is 0 Å². The number of rotatable bonds is 5. The predicted octanol–water partition coefficient (Wildman–Crippen LogP) is 3.03. The Labute approximate surface area is 145 Å². The number of carbonyl (C=O) groups is 1. The molecule has 0 bridgehead atoms. The lowest BCUT2D eigenvalue weighted by atomic mass is 9.95. The fourth-order valence-corrected chi connectivity index (χ4v) is 2.57. The molecule has 0 spiro atoms. The summed E-state index contributed by atoms with van der Waals surface area (Å²) in [7, 11) is 1.60. The molecule has 6 heteroatoms. The van der Waals surface area contributed by atoms with Gasteiger partial charge in [-0.3, -0.25) is 4.79 Å². The molecule has 2 aromatic rings. The van der Waals surface area contributed by atoms with E-state index in [1.54, 1.807) is 26.2 Å². The number of benzene rings is 2. The number of nitrogens with one attached hydrogen (secondary N) is 1. The lowest BCUT2D eigenvalue weighted by Gasteiger charge is -2.20. The molecule has 0 aromatic heterocycles. The lowest BCUT2D eigenvalue weighted by Crippen LogP contribution is -2.44. The zero-order valence-corrected chi connectivity index (χ0v) is 14.1. The van der Waals surface area contributed by atoms with Gasteiger partial charge < -0.3 is 14.9 Å². The molecule has 0 unspecified atom stereocenters. The molecule has 0 saturated carbocycles. The highest BCUT2D eigenvalue weighted by Crippen LogP contribution is 2.27. The van der Waals surface area contributed by atoms with Crippen LogP contribution in [0, 0.1) is 5.82 Å². The highest BCUT2D eigenvalue weighted by Gasteiger charge is 2.42. The Morgan fingerprint density at radius 3 is 2.56 bits per heavy atom. The van der Waals surface area contributed by atoms with Crippen LogP contribution < -0.4 is 10.1 Å². The highest BCUT2D eigenvalue weighted by molar-refractivity contribution is 6.05. The van der Waals surface area contributed by atoms with Crippen LogP contribution in [0.15, 0.2) is 53.7 Å². The van der Waals surface area contributed by atoms with Gasteiger partial charge in [0, 0.05) is 13.0 Å². The van der Waals surface area contributed by atoms with Gasteiger partial charge >= 0.3 is 0 Å². The van der Waals surface area contributed by atoms with Gasteiger partial charge in [0.2, 0.25) is 5.60 Å². The minimum atomic E-state index is -1.06. The molecule has 1 atom stereocenters. The van der Waals surface area contributed by atoms with E-state index in [1.807, 2.05) is 24.3 Å². The summed E-state index contributed by atoms with van der Waals surface area (Å²) in [6.45, 7) is 2.00. The Morgan fingerprint density at radius 2 is 1.92 bits per heavy atom. The number of hydrogen-bond donors (Lipinski definition) is 1. The first kappa shape index (κ1) is 17.0. The normalized spacial score (nSPS) is 19.1. The maximum absolute atomic E-state index is 12.9. The molecule has 0 fully saturated rings. The first-order valence-electron chi connectivity index (χ1n) is 7.92. The van der Waals surface area contributed by atoms with E-state index >= 15 is 0 Å². The lowest BCUT2D eigenvalue weighted by molar-refractivity contribution is -0.141. The van der Waals surface area contributed by atoms with Gasteiger partial charge in [-0.2, -0.15) is 0 Å². The molecule has 0 saturated heterocycles. The number of halogens is 1. The maximum Gasteiger partial charge on any atom is 0.267 e. The van der Waals surface area contributed by atoms with Crippen LogP contribution in [0.3, 0.4) is 0 Å². The molecule has 1 heterocycles. The molecule has 3 rings (SSSR count). The van der Waals surface area contributed by atoms with Crippen molar-refractivity contribution >= 4 is 11.6 Å². The van der Waals surface area contributed by atoms with Crippen molar-refractivity contribution in [2.75, 3.05) is 7.11 Å². The first-order chi connectivity index (χ1) is 12.0. The summed E-state index contributed by atoms with van der Waals surface area (Å²) in [5, 5.41) is 6.88. The number of amides is 1. The van der Waals surface area contributed by atoms with Crippen molar-refractivity contribution in [1.82, 2.24) is 5.32 Å². The minimum absolute atomic E-state index is 0.260. The summed E-state index contributed by atoms with van der Waals surface area (Å²) in [5.74, 6) is 0.186. The molecular weight excluding hydrogens is 323 g/mol. The summed E-state index contributed by atoms with van der Waals surface area (Å²) in [6, 6.07) is 13.4. The second-order valence-electron chi connectivity index (χ2n) is 6.07. The fraction of sp³-hybridized carbons (Fsp3) is 0.263. The Bertz CT molecular complexity index is 787. The Balaban J connectivity index is 1.60. The van der Waals surface area contributed by atoms with Crippen LogP contribution in [0.25, 0.3) is 0 Å². The molecular formula is C19H19FN2O3. The molecule has 1 aliphatic heterocycles. The van der Waals surface area contributed by atoms with Crippen molar-refractivity contribution in [3.05, 3.63) is 65.5 Å². The highest BCUT2D eigenvalue weighted by atomic mass is 19.1. The van der Waals surface area contributed by atoms with Crippen molar-refractivity contribution in [3.63, 3.8) is 0 Å². The monoisotopic (exact) mass is 342 g/mol. The van der Waals surface area contributed by atoms with Gasteiger partial charge in [-0.05, 0) is 54.4 Å². The third kappa shape index (κ3) is 3.79. The van der Waals surface area contributed by atoms with E-state index in [9.17, 15) is 9.18 Å². The second kappa shape index (κ2) is 6.93. The van der Waals surface area contributed by atoms with Crippen molar-refractivity contribution in [1.29, 1.82) is 0 Å². The molecule has 2 aromatic carbocycles. The standard InChI is InChI=1S/C19H19FN2O3/c1-19(18(23)21-12-13-3-7-15(20)8-4-13)11-17(22-25-19)14-5-9-16(24-2)10-6-14/h3-10H,11-12H2,1-2H3,(H,21,23)/t19-/m1/s1. The van der Waals surface area contributed by atoms with Gasteiger partial charge in [0.25, 0.3) is 5.91 Å². The van der Waals surface area contributed by atoms with Gasteiger partial charge in [-0.15, -0.1) is 0 Å². The Morgan fingerprint density at radius 1 is 1.24 bits per heavy atom. The van der Waals surface area contributed by atoms with Crippen LogP contribution in [-0.4, -0.2) is 24.3 Å². The van der Waals surface area contributed by atoms with Crippen molar-refractivity contribution in [2.45, 2.75) is 25.5 Å². The molecule has 1 aliphatic rings. The quantitative estimate of drug-likeness (QED) is 0.909. The molecule has 1 amide bonds. The van der Waals surface area contributed by atoms with Crippen molar-refractivity contribution in [2.24, 2.45) is 5.16 Å². The Kier molecular flexibility index (Phi) is 4.70. The van der Waals surface area contributed by atoms with E-state index in [1.165, 1.54) is 12.1 Å². The van der Waals surface area contributed by atoms with E-state index in [2.05, 4.69) is 10.5 Å². The van der Waals surface area contributed by atoms with E-state index in [0.717, 1.165) is 16.9 Å². The summed E-state index contributed by atoms with van der Waals surface area (Å²) in [6.07, 6.45) is 0.370. The number of nitrogens with zero attached hydrogens (tertiary/aromatic N) is 1. The molecule has 0 aliphatic carbocycles. The van der Waals surface area contributed by atoms with Crippen molar-refractivity contribution < 1.29 is 18.8 Å². The van der Waals surface area contributed by atoms with Crippen LogP contribution in [0.5, 0.6) is 5.75 Å². The van der Waals surface area contributed by atoms with Crippen LogP contribution in [0.1, 0.15) is 24.5 Å². The molecule has 25 heavy (non-hydrogen) atoms. The summed E-state index contributed by atoms with van der Waals surface area (Å²) < 4.78 is 18.0. The zero-order chi connectivity index (χ0) is 17.9. The fourth-order valence-electron chi connectivity index (χ4n) is 2.57. The minimum Gasteiger partial charge on any atom is -0.497 e. The summed E-state index contributed by atoms with van der Waals surface area (Å²) in [4.78, 5) is 17.9. The topological polar surface area (TPSA) is 59.9 Å². The Hall–Kier alpha value is -2.89. The number of methoxy groups -OCH3 is 1. The van der Waals surface area contributed by atoms with Crippen molar-refractivity contribution in [3.8, 4) is 5.75 Å². The smallest absolute Gasteiger partial charge is 0.267 e. The van der Waals surface area contributed by atoms with Crippen LogP contribution in [-0.2, 0) is 16.2 Å². The molecule has 130 valence electrons. The molecule has 5 nitrogen and oxygen atoms in total. The van der Waals surface area contributed by atoms with Crippen LogP contribution >= 0.6 is 0 Å². The average molecular weight is 342 g/mol. The van der Waals surface area contributed by atoms with Gasteiger partial charge in [-0.25, -0.2) is 4.39 Å². The van der Waals surface area contributed by atoms with Crippen LogP contribution in [0.4, 0.5) is 4.39 Å². The predicted molar refractivity (Wildman–Crippen MR) is 91.9 cm³/mol. The summed E-state index contributed by atoms with van der Waals surface area (Å²) in [5.41, 5.74) is 1.35. The van der Waals surface area contributed by atoms with Gasteiger partial charge in [-0.1, -0.05) is 17.3 Å². The van der Waals surface area contributed by atoms with E-state index in [4.69, 9.17) is 9.57 Å². The van der Waals surface area contributed by atoms with Gasteiger partial charge in [0.1, 0.15) is 11.6 Å². The molecule has 1 N–H and O–H groups in total. The number of oxime groups is 1. The second-order valence-corrected chi connectivity index (χ2v) is 6.07. The van der Waals surface area contributed by atoms with E-state index < -0.39 is 5.60 Å². The number of hydrogen-bond acceptors (Lipinski definition) is 4. The van der Waals surface area contributed by atoms with E-state index in [-0.39, 0.29) is 11.7 Å². The van der Waals surface area contributed by atoms with E-state index in [0.29, 0.717) is 18.7 Å². The van der Waals surface area contributed by atoms with Crippen LogP contribution in [0.2, 0.25) is 0 Å². The SMILES string of the molecule is COc1ccc(C2=NO[C@@](C)(C(=O)NCc3ccc(F)cc3)C2)cc1. The third-order valence-electron chi connectivity index (χ3n) is 4.13. The first-order valence-corrected chi connectivity index (χ1v) is 7.92. The average Bonchev–Trinajstić information content (AvgIpc) is 3.04.